The van der Waals surface area contributed by atoms with E-state index in [0.717, 1.165) is 39.5 Å². The van der Waals surface area contributed by atoms with Gasteiger partial charge >= 0.3 is 0 Å². The summed E-state index contributed by atoms with van der Waals surface area (Å²) in [5.41, 5.74) is 4.97. The molecule has 1 aromatic carbocycles. The zero-order chi connectivity index (χ0) is 19.7. The first-order valence-corrected chi connectivity index (χ1v) is 9.23. The lowest BCUT2D eigenvalue weighted by molar-refractivity contribution is 0.402. The highest BCUT2D eigenvalue weighted by Crippen LogP contribution is 2.43. The van der Waals surface area contributed by atoms with E-state index in [1.165, 1.54) is 0 Å². The van der Waals surface area contributed by atoms with Crippen LogP contribution in [0.25, 0.3) is 11.1 Å². The van der Waals surface area contributed by atoms with Crippen molar-refractivity contribution in [1.29, 1.82) is 0 Å². The van der Waals surface area contributed by atoms with Crippen molar-refractivity contribution in [3.05, 3.63) is 58.5 Å². The summed E-state index contributed by atoms with van der Waals surface area (Å²) in [6.45, 7) is 6.09. The quantitative estimate of drug-likeness (QED) is 0.627. The molecule has 142 valence electrons. The Kier molecular flexibility index (Phi) is 5.42. The SMILES string of the molecule is COc1c(C(C)n2ccc(C)n2)cc(Cl)c(C)c1-c1ccnc(N(C)C)c1. The average molecular weight is 385 g/mol. The second-order valence-electron chi connectivity index (χ2n) is 6.89. The van der Waals surface area contributed by atoms with Crippen molar-refractivity contribution in [3.63, 3.8) is 0 Å². The van der Waals surface area contributed by atoms with Gasteiger partial charge in [-0.1, -0.05) is 11.6 Å². The number of ether oxygens (including phenoxy) is 1. The Morgan fingerprint density at radius 3 is 2.52 bits per heavy atom. The Bertz CT molecular complexity index is 965. The molecule has 5 nitrogen and oxygen atoms in total. The third-order valence-electron chi connectivity index (χ3n) is 4.79. The Labute approximate surface area is 165 Å². The van der Waals surface area contributed by atoms with Crippen molar-refractivity contribution < 1.29 is 4.74 Å². The van der Waals surface area contributed by atoms with Crippen molar-refractivity contribution in [2.24, 2.45) is 0 Å². The molecule has 0 bridgehead atoms. The van der Waals surface area contributed by atoms with E-state index in [2.05, 4.69) is 17.0 Å². The number of hydrogen-bond acceptors (Lipinski definition) is 4. The smallest absolute Gasteiger partial charge is 0.132 e. The van der Waals surface area contributed by atoms with E-state index in [4.69, 9.17) is 16.3 Å². The summed E-state index contributed by atoms with van der Waals surface area (Å²) in [5.74, 6) is 1.69. The Balaban J connectivity index is 2.22. The molecule has 0 amide bonds. The second kappa shape index (κ2) is 7.61. The molecule has 3 rings (SSSR count). The predicted molar refractivity (Wildman–Crippen MR) is 111 cm³/mol. The van der Waals surface area contributed by atoms with Crippen LogP contribution in [0.1, 0.15) is 29.8 Å². The molecule has 0 aliphatic carbocycles. The van der Waals surface area contributed by atoms with Gasteiger partial charge in [-0.25, -0.2) is 4.98 Å². The van der Waals surface area contributed by atoms with Crippen LogP contribution in [0, 0.1) is 13.8 Å². The van der Waals surface area contributed by atoms with Gasteiger partial charge in [-0.05, 0) is 56.2 Å². The minimum Gasteiger partial charge on any atom is -0.496 e. The largest absolute Gasteiger partial charge is 0.496 e. The molecule has 6 heteroatoms. The first kappa shape index (κ1) is 19.2. The Morgan fingerprint density at radius 2 is 1.93 bits per heavy atom. The van der Waals surface area contributed by atoms with Gasteiger partial charge in [-0.15, -0.1) is 0 Å². The number of aryl methyl sites for hydroxylation is 1. The minimum absolute atomic E-state index is 0.0133. The van der Waals surface area contributed by atoms with Gasteiger partial charge in [-0.3, -0.25) is 4.68 Å². The summed E-state index contributed by atoms with van der Waals surface area (Å²) >= 11 is 6.63. The van der Waals surface area contributed by atoms with Crippen molar-refractivity contribution in [3.8, 4) is 16.9 Å². The van der Waals surface area contributed by atoms with Crippen LogP contribution in [-0.2, 0) is 0 Å². The van der Waals surface area contributed by atoms with Crippen LogP contribution in [0.15, 0.2) is 36.7 Å². The van der Waals surface area contributed by atoms with Gasteiger partial charge in [0.2, 0.25) is 0 Å². The van der Waals surface area contributed by atoms with Crippen LogP contribution >= 0.6 is 11.6 Å². The van der Waals surface area contributed by atoms with Crippen molar-refractivity contribution >= 4 is 17.4 Å². The van der Waals surface area contributed by atoms with Crippen LogP contribution in [0.3, 0.4) is 0 Å². The van der Waals surface area contributed by atoms with E-state index in [1.807, 2.05) is 74.2 Å². The number of pyridine rings is 1. The first-order chi connectivity index (χ1) is 12.8. The van der Waals surface area contributed by atoms with Crippen LogP contribution < -0.4 is 9.64 Å². The number of rotatable bonds is 5. The van der Waals surface area contributed by atoms with E-state index in [-0.39, 0.29) is 6.04 Å². The fraction of sp³-hybridized carbons (Fsp3) is 0.333. The molecular formula is C21H25ClN4O. The number of anilines is 1. The molecule has 1 unspecified atom stereocenters. The topological polar surface area (TPSA) is 43.2 Å². The molecule has 3 aromatic rings. The van der Waals surface area contributed by atoms with E-state index in [9.17, 15) is 0 Å². The van der Waals surface area contributed by atoms with E-state index in [0.29, 0.717) is 5.02 Å². The van der Waals surface area contributed by atoms with Crippen molar-refractivity contribution in [2.45, 2.75) is 26.8 Å². The van der Waals surface area contributed by atoms with Gasteiger partial charge in [-0.2, -0.15) is 5.10 Å². The number of hydrogen-bond donors (Lipinski definition) is 0. The fourth-order valence-corrected chi connectivity index (χ4v) is 3.44. The zero-order valence-electron chi connectivity index (χ0n) is 16.6. The molecule has 0 saturated heterocycles. The molecular weight excluding hydrogens is 360 g/mol. The van der Waals surface area contributed by atoms with Gasteiger partial charge in [0.05, 0.1) is 18.8 Å². The summed E-state index contributed by atoms with van der Waals surface area (Å²) in [7, 11) is 5.65. The maximum Gasteiger partial charge on any atom is 0.132 e. The molecule has 0 N–H and O–H groups in total. The molecule has 0 aliphatic heterocycles. The normalized spacial score (nSPS) is 12.1. The summed E-state index contributed by atoms with van der Waals surface area (Å²) in [4.78, 5) is 6.40. The Morgan fingerprint density at radius 1 is 1.19 bits per heavy atom. The van der Waals surface area contributed by atoms with Crippen LogP contribution in [-0.4, -0.2) is 36.0 Å². The standard InChI is InChI=1S/C21H25ClN4O/c1-13-8-10-26(24-13)15(3)17-12-18(22)14(2)20(21(17)27-6)16-7-9-23-19(11-16)25(4)5/h7-12,15H,1-6H3. The minimum atomic E-state index is -0.0133. The molecule has 0 radical (unpaired) electrons. The first-order valence-electron chi connectivity index (χ1n) is 8.86. The Hall–Kier alpha value is -2.53. The molecule has 0 saturated carbocycles. The fourth-order valence-electron chi connectivity index (χ4n) is 3.23. The predicted octanol–water partition coefficient (Wildman–Crippen LogP) is 4.90. The van der Waals surface area contributed by atoms with E-state index in [1.54, 1.807) is 7.11 Å². The molecule has 2 heterocycles. The van der Waals surface area contributed by atoms with Gasteiger partial charge in [0.1, 0.15) is 11.6 Å². The number of aromatic nitrogens is 3. The van der Waals surface area contributed by atoms with Gasteiger partial charge in [0.15, 0.2) is 0 Å². The maximum absolute atomic E-state index is 6.63. The third-order valence-corrected chi connectivity index (χ3v) is 5.18. The second-order valence-corrected chi connectivity index (χ2v) is 7.30. The molecule has 1 atom stereocenters. The van der Waals surface area contributed by atoms with E-state index >= 15 is 0 Å². The lowest BCUT2D eigenvalue weighted by Crippen LogP contribution is -2.11. The number of methoxy groups -OCH3 is 1. The highest BCUT2D eigenvalue weighted by molar-refractivity contribution is 6.32. The number of halogens is 1. The van der Waals surface area contributed by atoms with E-state index < -0.39 is 0 Å². The maximum atomic E-state index is 6.63. The lowest BCUT2D eigenvalue weighted by atomic mass is 9.94. The average Bonchev–Trinajstić information content (AvgIpc) is 3.09. The zero-order valence-corrected chi connectivity index (χ0v) is 17.4. The van der Waals surface area contributed by atoms with Crippen molar-refractivity contribution in [1.82, 2.24) is 14.8 Å². The summed E-state index contributed by atoms with van der Waals surface area (Å²) in [6.07, 6.45) is 3.79. The summed E-state index contributed by atoms with van der Waals surface area (Å²) in [5, 5.41) is 5.26. The molecule has 0 aliphatic rings. The number of nitrogens with zero attached hydrogens (tertiary/aromatic N) is 4. The molecule has 0 spiro atoms. The monoisotopic (exact) mass is 384 g/mol. The van der Waals surface area contributed by atoms with Crippen molar-refractivity contribution in [2.75, 3.05) is 26.1 Å². The van der Waals surface area contributed by atoms with Gasteiger partial charge in [0.25, 0.3) is 0 Å². The summed E-state index contributed by atoms with van der Waals surface area (Å²) in [6, 6.07) is 8.00. The molecule has 27 heavy (non-hydrogen) atoms. The van der Waals surface area contributed by atoms with Crippen LogP contribution in [0.4, 0.5) is 5.82 Å². The van der Waals surface area contributed by atoms with Gasteiger partial charge in [0, 0.05) is 42.6 Å². The van der Waals surface area contributed by atoms with Gasteiger partial charge < -0.3 is 9.64 Å². The highest BCUT2D eigenvalue weighted by atomic mass is 35.5. The summed E-state index contributed by atoms with van der Waals surface area (Å²) < 4.78 is 7.81. The third kappa shape index (κ3) is 3.65. The highest BCUT2D eigenvalue weighted by Gasteiger charge is 2.22. The van der Waals surface area contributed by atoms with Crippen LogP contribution in [0.2, 0.25) is 5.02 Å². The van der Waals surface area contributed by atoms with Crippen LogP contribution in [0.5, 0.6) is 5.75 Å². The molecule has 2 aromatic heterocycles. The lowest BCUT2D eigenvalue weighted by Gasteiger charge is -2.22. The molecule has 0 fully saturated rings. The number of benzene rings is 1.